The van der Waals surface area contributed by atoms with E-state index in [4.69, 9.17) is 0 Å². The van der Waals surface area contributed by atoms with Gasteiger partial charge in [0, 0.05) is 10.8 Å². The summed E-state index contributed by atoms with van der Waals surface area (Å²) in [6.45, 7) is 12.8. The second-order valence-corrected chi connectivity index (χ2v) is 6.30. The van der Waals surface area contributed by atoms with Gasteiger partial charge in [-0.25, -0.2) is 0 Å². The Kier molecular flexibility index (Phi) is 6.28. The lowest BCUT2D eigenvalue weighted by Crippen LogP contribution is -2.36. The number of hydrogen-bond acceptors (Lipinski definition) is 1. The van der Waals surface area contributed by atoms with E-state index < -0.39 is 0 Å². The molecular weight excluding hydrogens is 196 g/mol. The van der Waals surface area contributed by atoms with Crippen molar-refractivity contribution in [3.8, 4) is 0 Å². The van der Waals surface area contributed by atoms with Crippen molar-refractivity contribution < 1.29 is 4.79 Å². The normalized spacial score (nSPS) is 12.9. The average Bonchev–Trinajstić information content (AvgIpc) is 2.22. The summed E-state index contributed by atoms with van der Waals surface area (Å²) in [7, 11) is 0. The van der Waals surface area contributed by atoms with Crippen LogP contribution in [0.4, 0.5) is 0 Å². The van der Waals surface area contributed by atoms with Gasteiger partial charge in [0.25, 0.3) is 0 Å². The van der Waals surface area contributed by atoms with Crippen LogP contribution < -0.4 is 0 Å². The largest absolute Gasteiger partial charge is 0.299 e. The molecule has 0 bridgehead atoms. The number of ketones is 1. The number of carbonyl (C=O) groups is 1. The minimum atomic E-state index is -0.146. The molecule has 0 unspecified atom stereocenters. The molecule has 0 rings (SSSR count). The van der Waals surface area contributed by atoms with E-state index in [1.54, 1.807) is 0 Å². The first-order chi connectivity index (χ1) is 7.28. The van der Waals surface area contributed by atoms with Gasteiger partial charge in [0.1, 0.15) is 5.78 Å². The summed E-state index contributed by atoms with van der Waals surface area (Å²) in [6.07, 6.45) is 6.71. The average molecular weight is 226 g/mol. The standard InChI is InChI=1S/C15H30O/c1-7-9-11-14(3,4)13(16)15(5,6)12-10-8-2/h7-12H2,1-6H3. The summed E-state index contributed by atoms with van der Waals surface area (Å²) in [5, 5.41) is 0. The van der Waals surface area contributed by atoms with Crippen molar-refractivity contribution >= 4 is 5.78 Å². The summed E-state index contributed by atoms with van der Waals surface area (Å²) in [4.78, 5) is 12.5. The smallest absolute Gasteiger partial charge is 0.144 e. The molecular formula is C15H30O. The van der Waals surface area contributed by atoms with Gasteiger partial charge in [-0.05, 0) is 12.8 Å². The molecule has 0 spiro atoms. The van der Waals surface area contributed by atoms with Gasteiger partial charge >= 0.3 is 0 Å². The molecule has 1 heteroatoms. The lowest BCUT2D eigenvalue weighted by molar-refractivity contribution is -0.136. The minimum Gasteiger partial charge on any atom is -0.299 e. The van der Waals surface area contributed by atoms with Crippen LogP contribution in [0.3, 0.4) is 0 Å². The quantitative estimate of drug-likeness (QED) is 0.570. The van der Waals surface area contributed by atoms with E-state index in [1.807, 2.05) is 0 Å². The molecule has 0 aliphatic heterocycles. The Bertz CT molecular complexity index is 191. The first kappa shape index (κ1) is 15.7. The van der Waals surface area contributed by atoms with E-state index in [0.29, 0.717) is 5.78 Å². The van der Waals surface area contributed by atoms with E-state index in [-0.39, 0.29) is 10.8 Å². The van der Waals surface area contributed by atoms with Crippen molar-refractivity contribution in [2.45, 2.75) is 80.1 Å². The number of carbonyl (C=O) groups excluding carboxylic acids is 1. The third-order valence-electron chi connectivity index (χ3n) is 3.54. The van der Waals surface area contributed by atoms with Crippen LogP contribution in [0.5, 0.6) is 0 Å². The zero-order valence-corrected chi connectivity index (χ0v) is 12.2. The van der Waals surface area contributed by atoms with Crippen LogP contribution in [-0.4, -0.2) is 5.78 Å². The molecule has 96 valence electrons. The first-order valence-electron chi connectivity index (χ1n) is 6.83. The van der Waals surface area contributed by atoms with Crippen molar-refractivity contribution in [1.29, 1.82) is 0 Å². The molecule has 0 heterocycles. The van der Waals surface area contributed by atoms with Gasteiger partial charge in [-0.15, -0.1) is 0 Å². The Morgan fingerprint density at radius 3 is 1.38 bits per heavy atom. The maximum absolute atomic E-state index is 12.5. The van der Waals surface area contributed by atoms with Gasteiger partial charge in [-0.3, -0.25) is 4.79 Å². The minimum absolute atomic E-state index is 0.146. The molecule has 0 aromatic carbocycles. The zero-order chi connectivity index (χ0) is 12.8. The summed E-state index contributed by atoms with van der Waals surface area (Å²) >= 11 is 0. The fourth-order valence-corrected chi connectivity index (χ4v) is 2.38. The van der Waals surface area contributed by atoms with Crippen LogP contribution in [0.15, 0.2) is 0 Å². The number of Topliss-reactive ketones (excluding diaryl/α,β-unsaturated/α-hetero) is 1. The second kappa shape index (κ2) is 6.42. The van der Waals surface area contributed by atoms with Crippen molar-refractivity contribution in [3.05, 3.63) is 0 Å². The van der Waals surface area contributed by atoms with Crippen LogP contribution in [0.2, 0.25) is 0 Å². The van der Waals surface area contributed by atoms with Crippen molar-refractivity contribution in [3.63, 3.8) is 0 Å². The van der Waals surface area contributed by atoms with Gasteiger partial charge in [0.05, 0.1) is 0 Å². The fourth-order valence-electron chi connectivity index (χ4n) is 2.38. The Morgan fingerprint density at radius 2 is 1.12 bits per heavy atom. The summed E-state index contributed by atoms with van der Waals surface area (Å²) < 4.78 is 0. The van der Waals surface area contributed by atoms with Gasteiger partial charge in [-0.1, -0.05) is 67.2 Å². The highest BCUT2D eigenvalue weighted by molar-refractivity contribution is 5.89. The third-order valence-corrected chi connectivity index (χ3v) is 3.54. The zero-order valence-electron chi connectivity index (χ0n) is 12.2. The molecule has 1 nitrogen and oxygen atoms in total. The van der Waals surface area contributed by atoms with Crippen LogP contribution in [0.25, 0.3) is 0 Å². The van der Waals surface area contributed by atoms with Gasteiger partial charge in [0.2, 0.25) is 0 Å². The number of rotatable bonds is 8. The monoisotopic (exact) mass is 226 g/mol. The van der Waals surface area contributed by atoms with Crippen molar-refractivity contribution in [1.82, 2.24) is 0 Å². The molecule has 0 N–H and O–H groups in total. The molecule has 0 atom stereocenters. The molecule has 16 heavy (non-hydrogen) atoms. The van der Waals surface area contributed by atoms with Crippen LogP contribution in [0.1, 0.15) is 80.1 Å². The Balaban J connectivity index is 4.49. The Hall–Kier alpha value is -0.330. The van der Waals surface area contributed by atoms with E-state index in [2.05, 4.69) is 41.5 Å². The van der Waals surface area contributed by atoms with E-state index in [1.165, 1.54) is 12.8 Å². The number of unbranched alkanes of at least 4 members (excludes halogenated alkanes) is 2. The summed E-state index contributed by atoms with van der Waals surface area (Å²) in [6, 6.07) is 0. The molecule has 0 amide bonds. The molecule has 0 aliphatic carbocycles. The Morgan fingerprint density at radius 1 is 0.812 bits per heavy atom. The maximum atomic E-state index is 12.5. The molecule has 0 aromatic rings. The SMILES string of the molecule is CCCCC(C)(C)C(=O)C(C)(C)CCCC. The predicted octanol–water partition coefficient (Wildman–Crippen LogP) is 4.99. The lowest BCUT2D eigenvalue weighted by atomic mass is 9.69. The Labute approximate surface area is 102 Å². The first-order valence-corrected chi connectivity index (χ1v) is 6.83. The van der Waals surface area contributed by atoms with Crippen LogP contribution in [0, 0.1) is 10.8 Å². The fraction of sp³-hybridized carbons (Fsp3) is 0.933. The summed E-state index contributed by atoms with van der Waals surface area (Å²) in [5.74, 6) is 0.446. The highest BCUT2D eigenvalue weighted by Crippen LogP contribution is 2.36. The third kappa shape index (κ3) is 4.67. The molecule has 0 aliphatic rings. The number of hydrogen-bond donors (Lipinski definition) is 0. The summed E-state index contributed by atoms with van der Waals surface area (Å²) in [5.41, 5.74) is -0.291. The molecule has 0 aromatic heterocycles. The van der Waals surface area contributed by atoms with E-state index >= 15 is 0 Å². The van der Waals surface area contributed by atoms with Crippen molar-refractivity contribution in [2.24, 2.45) is 10.8 Å². The van der Waals surface area contributed by atoms with Crippen LogP contribution >= 0.6 is 0 Å². The van der Waals surface area contributed by atoms with Crippen molar-refractivity contribution in [2.75, 3.05) is 0 Å². The molecule has 0 saturated carbocycles. The van der Waals surface area contributed by atoms with E-state index in [0.717, 1.165) is 25.7 Å². The molecule has 0 fully saturated rings. The second-order valence-electron chi connectivity index (χ2n) is 6.30. The topological polar surface area (TPSA) is 17.1 Å². The maximum Gasteiger partial charge on any atom is 0.144 e. The predicted molar refractivity (Wildman–Crippen MR) is 71.6 cm³/mol. The molecule has 0 saturated heterocycles. The van der Waals surface area contributed by atoms with E-state index in [9.17, 15) is 4.79 Å². The van der Waals surface area contributed by atoms with Gasteiger partial charge in [-0.2, -0.15) is 0 Å². The van der Waals surface area contributed by atoms with Gasteiger partial charge < -0.3 is 0 Å². The van der Waals surface area contributed by atoms with Gasteiger partial charge in [0.15, 0.2) is 0 Å². The lowest BCUT2D eigenvalue weighted by Gasteiger charge is -2.33. The highest BCUT2D eigenvalue weighted by atomic mass is 16.1. The highest BCUT2D eigenvalue weighted by Gasteiger charge is 2.37. The molecule has 0 radical (unpaired) electrons. The van der Waals surface area contributed by atoms with Crippen LogP contribution in [-0.2, 0) is 4.79 Å².